The molecule has 0 fully saturated rings. The molecule has 0 N–H and O–H groups in total. The first-order valence-corrected chi connectivity index (χ1v) is 11.3. The number of hydrogen-bond donors (Lipinski definition) is 0. The number of aromatic nitrogens is 3. The Morgan fingerprint density at radius 2 is 1.79 bits per heavy atom. The fourth-order valence-corrected chi connectivity index (χ4v) is 4.20. The van der Waals surface area contributed by atoms with Gasteiger partial charge in [-0.1, -0.05) is 23.7 Å². The van der Waals surface area contributed by atoms with E-state index >= 15 is 0 Å². The van der Waals surface area contributed by atoms with E-state index in [0.29, 0.717) is 5.02 Å². The third-order valence-electron chi connectivity index (χ3n) is 5.44. The van der Waals surface area contributed by atoms with Crippen LogP contribution < -0.4 is 0 Å². The van der Waals surface area contributed by atoms with Crippen molar-refractivity contribution in [1.82, 2.24) is 14.5 Å². The molecule has 0 aliphatic carbocycles. The third kappa shape index (κ3) is 4.85. The van der Waals surface area contributed by atoms with Crippen molar-refractivity contribution in [2.24, 2.45) is 7.05 Å². The van der Waals surface area contributed by atoms with Gasteiger partial charge in [0.15, 0.2) is 5.78 Å². The standard InChI is InChI=1S/C27H28ClN3O2/c1-16-13-22-20(11-12-21(30-22)23-14-31(6)15-29-23)25(18-7-9-19(28)10-8-18)24(16)26(17(2)32)33-27(3,4)5/h7-15,26H,1-6H3/t26-/m1/s1. The Morgan fingerprint density at radius 1 is 1.09 bits per heavy atom. The van der Waals surface area contributed by atoms with Gasteiger partial charge in [-0.3, -0.25) is 4.79 Å². The molecule has 0 saturated carbocycles. The molecule has 5 nitrogen and oxygen atoms in total. The van der Waals surface area contributed by atoms with E-state index in [1.165, 1.54) is 0 Å². The Kier molecular flexibility index (Phi) is 6.12. The summed E-state index contributed by atoms with van der Waals surface area (Å²) in [6.07, 6.45) is 3.00. The minimum atomic E-state index is -0.699. The molecule has 0 spiro atoms. The highest BCUT2D eigenvalue weighted by Gasteiger charge is 2.29. The molecule has 0 amide bonds. The largest absolute Gasteiger partial charge is 0.360 e. The smallest absolute Gasteiger partial charge is 0.163 e. The van der Waals surface area contributed by atoms with Crippen molar-refractivity contribution in [1.29, 1.82) is 0 Å². The van der Waals surface area contributed by atoms with Crippen LogP contribution in [0.1, 0.15) is 44.9 Å². The van der Waals surface area contributed by atoms with Crippen molar-refractivity contribution in [2.45, 2.75) is 46.3 Å². The van der Waals surface area contributed by atoms with Crippen LogP contribution in [0.2, 0.25) is 5.02 Å². The van der Waals surface area contributed by atoms with Crippen LogP contribution in [0.4, 0.5) is 0 Å². The first-order valence-electron chi connectivity index (χ1n) is 10.9. The second-order valence-corrected chi connectivity index (χ2v) is 9.83. The Balaban J connectivity index is 2.02. The van der Waals surface area contributed by atoms with Gasteiger partial charge in [-0.05, 0) is 87.2 Å². The zero-order chi connectivity index (χ0) is 23.9. The number of hydrogen-bond acceptors (Lipinski definition) is 4. The van der Waals surface area contributed by atoms with Crippen LogP contribution in [0.5, 0.6) is 0 Å². The molecule has 2 heterocycles. The van der Waals surface area contributed by atoms with E-state index in [0.717, 1.165) is 44.5 Å². The molecule has 33 heavy (non-hydrogen) atoms. The fourth-order valence-electron chi connectivity index (χ4n) is 4.07. The first-order chi connectivity index (χ1) is 15.5. The molecule has 2 aromatic heterocycles. The molecule has 1 atom stereocenters. The summed E-state index contributed by atoms with van der Waals surface area (Å²) in [6, 6.07) is 13.7. The van der Waals surface area contributed by atoms with Gasteiger partial charge in [-0.15, -0.1) is 0 Å². The third-order valence-corrected chi connectivity index (χ3v) is 5.70. The summed E-state index contributed by atoms with van der Waals surface area (Å²) < 4.78 is 8.19. The van der Waals surface area contributed by atoms with Crippen molar-refractivity contribution >= 4 is 28.3 Å². The molecular weight excluding hydrogens is 434 g/mol. The predicted molar refractivity (Wildman–Crippen MR) is 133 cm³/mol. The number of carbonyl (C=O) groups is 1. The molecule has 0 radical (unpaired) electrons. The van der Waals surface area contributed by atoms with Gasteiger partial charge in [0, 0.05) is 23.7 Å². The Morgan fingerprint density at radius 3 is 2.36 bits per heavy atom. The normalized spacial score (nSPS) is 12.8. The molecule has 2 aromatic carbocycles. The number of ether oxygens (including phenoxy) is 1. The minimum absolute atomic E-state index is 0.0411. The topological polar surface area (TPSA) is 57.0 Å². The maximum Gasteiger partial charge on any atom is 0.163 e. The molecule has 0 saturated heterocycles. The summed E-state index contributed by atoms with van der Waals surface area (Å²) in [6.45, 7) is 9.46. The molecular formula is C27H28ClN3O2. The van der Waals surface area contributed by atoms with Crippen LogP contribution in [0.25, 0.3) is 33.4 Å². The average molecular weight is 462 g/mol. The lowest BCUT2D eigenvalue weighted by molar-refractivity contribution is -0.138. The van der Waals surface area contributed by atoms with Crippen LogP contribution in [-0.2, 0) is 16.6 Å². The second-order valence-electron chi connectivity index (χ2n) is 9.40. The number of fused-ring (bicyclic) bond motifs is 1. The molecule has 4 aromatic rings. The molecule has 0 bridgehead atoms. The summed E-state index contributed by atoms with van der Waals surface area (Å²) in [7, 11) is 1.93. The Hall–Kier alpha value is -3.02. The number of pyridine rings is 1. The van der Waals surface area contributed by atoms with Crippen LogP contribution >= 0.6 is 11.6 Å². The lowest BCUT2D eigenvalue weighted by Crippen LogP contribution is -2.27. The zero-order valence-electron chi connectivity index (χ0n) is 19.8. The number of carbonyl (C=O) groups excluding carboxylic acids is 1. The number of nitrogens with zero attached hydrogens (tertiary/aromatic N) is 3. The van der Waals surface area contributed by atoms with E-state index in [9.17, 15) is 4.79 Å². The molecule has 0 aliphatic heterocycles. The number of halogens is 1. The predicted octanol–water partition coefficient (Wildman–Crippen LogP) is 6.71. The molecule has 0 aliphatic rings. The number of ketones is 1. The van der Waals surface area contributed by atoms with Gasteiger partial charge in [0.1, 0.15) is 11.8 Å². The van der Waals surface area contributed by atoms with Crippen LogP contribution in [0.3, 0.4) is 0 Å². The van der Waals surface area contributed by atoms with Gasteiger partial charge in [0.25, 0.3) is 0 Å². The highest BCUT2D eigenvalue weighted by molar-refractivity contribution is 6.30. The Labute approximate surface area is 199 Å². The van der Waals surface area contributed by atoms with E-state index in [1.54, 1.807) is 13.3 Å². The minimum Gasteiger partial charge on any atom is -0.360 e. The fraction of sp³-hybridized carbons (Fsp3) is 0.296. The monoisotopic (exact) mass is 461 g/mol. The highest BCUT2D eigenvalue weighted by Crippen LogP contribution is 2.41. The number of imidazole rings is 1. The summed E-state index contributed by atoms with van der Waals surface area (Å²) >= 11 is 6.18. The maximum atomic E-state index is 12.8. The van der Waals surface area contributed by atoms with Gasteiger partial charge in [0.05, 0.1) is 23.1 Å². The van der Waals surface area contributed by atoms with Crippen LogP contribution in [-0.4, -0.2) is 25.9 Å². The second kappa shape index (κ2) is 8.73. The van der Waals surface area contributed by atoms with Gasteiger partial charge < -0.3 is 9.30 Å². The van der Waals surface area contributed by atoms with E-state index in [2.05, 4.69) is 4.98 Å². The number of aryl methyl sites for hydroxylation is 2. The quantitative estimate of drug-likeness (QED) is 0.331. The van der Waals surface area contributed by atoms with Gasteiger partial charge in [0.2, 0.25) is 0 Å². The van der Waals surface area contributed by atoms with Crippen molar-refractivity contribution in [3.05, 3.63) is 71.1 Å². The number of rotatable bonds is 5. The summed E-state index contributed by atoms with van der Waals surface area (Å²) in [4.78, 5) is 22.2. The molecule has 6 heteroatoms. The molecule has 0 unspecified atom stereocenters. The van der Waals surface area contributed by atoms with E-state index in [4.69, 9.17) is 21.3 Å². The van der Waals surface area contributed by atoms with E-state index in [-0.39, 0.29) is 5.78 Å². The number of benzene rings is 2. The first kappa shape index (κ1) is 23.1. The SMILES string of the molecule is CC(=O)[C@@H](OC(C)(C)C)c1c(C)cc2nc(-c3cn(C)cn3)ccc2c1-c1ccc(Cl)cc1. The lowest BCUT2D eigenvalue weighted by Gasteiger charge is -2.29. The molecule has 4 rings (SSSR count). The van der Waals surface area contributed by atoms with Gasteiger partial charge in [-0.25, -0.2) is 9.97 Å². The van der Waals surface area contributed by atoms with Crippen LogP contribution in [0.15, 0.2) is 55.0 Å². The van der Waals surface area contributed by atoms with E-state index in [1.807, 2.05) is 88.0 Å². The zero-order valence-corrected chi connectivity index (χ0v) is 20.6. The highest BCUT2D eigenvalue weighted by atomic mass is 35.5. The van der Waals surface area contributed by atoms with Crippen molar-refractivity contribution in [3.63, 3.8) is 0 Å². The maximum absolute atomic E-state index is 12.8. The van der Waals surface area contributed by atoms with Crippen molar-refractivity contribution in [2.75, 3.05) is 0 Å². The molecule has 170 valence electrons. The van der Waals surface area contributed by atoms with E-state index < -0.39 is 11.7 Å². The lowest BCUT2D eigenvalue weighted by atomic mass is 9.87. The van der Waals surface area contributed by atoms with Crippen molar-refractivity contribution in [3.8, 4) is 22.5 Å². The summed E-state index contributed by atoms with van der Waals surface area (Å²) in [5, 5.41) is 1.60. The number of Topliss-reactive ketones (excluding diaryl/α,β-unsaturated/α-hetero) is 1. The summed E-state index contributed by atoms with van der Waals surface area (Å²) in [5.41, 5.74) is 5.66. The average Bonchev–Trinajstić information content (AvgIpc) is 3.17. The summed E-state index contributed by atoms with van der Waals surface area (Å²) in [5.74, 6) is -0.0411. The van der Waals surface area contributed by atoms with Gasteiger partial charge in [-0.2, -0.15) is 0 Å². The van der Waals surface area contributed by atoms with Crippen molar-refractivity contribution < 1.29 is 9.53 Å². The van der Waals surface area contributed by atoms with Crippen LogP contribution in [0, 0.1) is 6.92 Å². The Bertz CT molecular complexity index is 1330. The van der Waals surface area contributed by atoms with Gasteiger partial charge >= 0.3 is 0 Å².